The Morgan fingerprint density at radius 1 is 0.944 bits per heavy atom. The number of hydrogen-bond donors (Lipinski definition) is 0. The Hall–Kier alpha value is -1.93. The Morgan fingerprint density at radius 3 is 2.50 bits per heavy atom. The molecule has 0 saturated carbocycles. The molecular formula is C15H9ClFN. The van der Waals surface area contributed by atoms with Gasteiger partial charge in [0.1, 0.15) is 11.0 Å². The average Bonchev–Trinajstić information content (AvgIpc) is 2.39. The minimum atomic E-state index is -0.274. The maximum atomic E-state index is 13.4. The first-order valence-electron chi connectivity index (χ1n) is 5.55. The van der Waals surface area contributed by atoms with Gasteiger partial charge in [-0.05, 0) is 35.4 Å². The molecular weight excluding hydrogens is 249 g/mol. The molecule has 18 heavy (non-hydrogen) atoms. The third-order valence-electron chi connectivity index (χ3n) is 2.82. The Kier molecular flexibility index (Phi) is 2.73. The van der Waals surface area contributed by atoms with Crippen LogP contribution in [0.4, 0.5) is 4.39 Å². The first kappa shape index (κ1) is 11.2. The van der Waals surface area contributed by atoms with Crippen LogP contribution in [0.3, 0.4) is 0 Å². The highest BCUT2D eigenvalue weighted by atomic mass is 35.5. The molecule has 0 saturated heterocycles. The van der Waals surface area contributed by atoms with Gasteiger partial charge < -0.3 is 0 Å². The maximum Gasteiger partial charge on any atom is 0.130 e. The average molecular weight is 258 g/mol. The lowest BCUT2D eigenvalue weighted by molar-refractivity contribution is 0.629. The zero-order chi connectivity index (χ0) is 12.5. The van der Waals surface area contributed by atoms with Crippen LogP contribution in [-0.4, -0.2) is 4.98 Å². The highest BCUT2D eigenvalue weighted by molar-refractivity contribution is 6.30. The van der Waals surface area contributed by atoms with E-state index in [1.165, 1.54) is 12.1 Å². The fourth-order valence-electron chi connectivity index (χ4n) is 2.02. The fraction of sp³-hybridized carbons (Fsp3) is 0. The minimum Gasteiger partial charge on any atom is -0.236 e. The van der Waals surface area contributed by atoms with E-state index in [2.05, 4.69) is 4.98 Å². The third kappa shape index (κ3) is 1.95. The van der Waals surface area contributed by atoms with E-state index in [-0.39, 0.29) is 5.82 Å². The maximum absolute atomic E-state index is 13.4. The van der Waals surface area contributed by atoms with Gasteiger partial charge in [-0.3, -0.25) is 0 Å². The van der Waals surface area contributed by atoms with Crippen molar-refractivity contribution in [2.45, 2.75) is 0 Å². The number of fused-ring (bicyclic) bond motifs is 1. The topological polar surface area (TPSA) is 12.9 Å². The Balaban J connectivity index is 2.37. The van der Waals surface area contributed by atoms with Gasteiger partial charge in [-0.2, -0.15) is 0 Å². The predicted octanol–water partition coefficient (Wildman–Crippen LogP) is 4.69. The number of aromatic nitrogens is 1. The highest BCUT2D eigenvalue weighted by Crippen LogP contribution is 2.30. The van der Waals surface area contributed by atoms with Gasteiger partial charge in [-0.15, -0.1) is 0 Å². The predicted molar refractivity (Wildman–Crippen MR) is 72.1 cm³/mol. The summed E-state index contributed by atoms with van der Waals surface area (Å²) >= 11 is 6.01. The summed E-state index contributed by atoms with van der Waals surface area (Å²) in [4.78, 5) is 4.20. The molecule has 0 aliphatic rings. The zero-order valence-corrected chi connectivity index (χ0v) is 10.2. The van der Waals surface area contributed by atoms with E-state index in [0.717, 1.165) is 16.5 Å². The van der Waals surface area contributed by atoms with Crippen LogP contribution >= 0.6 is 11.6 Å². The van der Waals surface area contributed by atoms with Gasteiger partial charge in [0, 0.05) is 5.39 Å². The zero-order valence-electron chi connectivity index (χ0n) is 9.40. The molecule has 1 heterocycles. The number of nitrogens with zero attached hydrogens (tertiary/aromatic N) is 1. The fourth-order valence-corrected chi connectivity index (χ4v) is 2.22. The molecule has 0 bridgehead atoms. The first-order chi connectivity index (χ1) is 8.74. The van der Waals surface area contributed by atoms with Crippen LogP contribution in [0.25, 0.3) is 22.0 Å². The van der Waals surface area contributed by atoms with Crippen LogP contribution < -0.4 is 0 Å². The van der Waals surface area contributed by atoms with Crippen LogP contribution in [0.5, 0.6) is 0 Å². The van der Waals surface area contributed by atoms with Crippen molar-refractivity contribution in [2.75, 3.05) is 0 Å². The highest BCUT2D eigenvalue weighted by Gasteiger charge is 2.07. The van der Waals surface area contributed by atoms with Crippen molar-refractivity contribution in [1.29, 1.82) is 0 Å². The van der Waals surface area contributed by atoms with E-state index in [1.54, 1.807) is 12.1 Å². The molecule has 1 nitrogen and oxygen atoms in total. The van der Waals surface area contributed by atoms with Gasteiger partial charge in [0.2, 0.25) is 0 Å². The quantitative estimate of drug-likeness (QED) is 0.576. The van der Waals surface area contributed by atoms with E-state index in [9.17, 15) is 4.39 Å². The van der Waals surface area contributed by atoms with Crippen molar-refractivity contribution in [3.8, 4) is 11.1 Å². The monoisotopic (exact) mass is 257 g/mol. The molecule has 0 spiro atoms. The van der Waals surface area contributed by atoms with Gasteiger partial charge in [0.25, 0.3) is 0 Å². The van der Waals surface area contributed by atoms with Crippen molar-refractivity contribution < 1.29 is 4.39 Å². The van der Waals surface area contributed by atoms with E-state index in [0.29, 0.717) is 10.7 Å². The van der Waals surface area contributed by atoms with Gasteiger partial charge in [0.05, 0.1) is 5.52 Å². The summed E-state index contributed by atoms with van der Waals surface area (Å²) in [5.74, 6) is -0.274. The van der Waals surface area contributed by atoms with Crippen molar-refractivity contribution >= 4 is 22.5 Å². The summed E-state index contributed by atoms with van der Waals surface area (Å²) in [6.45, 7) is 0. The molecule has 0 atom stereocenters. The summed E-state index contributed by atoms with van der Waals surface area (Å²) in [5.41, 5.74) is 2.59. The number of benzene rings is 2. The number of rotatable bonds is 1. The van der Waals surface area contributed by atoms with E-state index in [1.807, 2.05) is 30.3 Å². The minimum absolute atomic E-state index is 0.274. The standard InChI is InChI=1S/C15H9ClFN/c16-15-9-12(10-4-2-1-3-5-10)13-8-11(17)6-7-14(13)18-15/h1-9H. The number of halogens is 2. The van der Waals surface area contributed by atoms with Crippen LogP contribution in [0.15, 0.2) is 54.6 Å². The molecule has 0 aliphatic carbocycles. The molecule has 3 rings (SSSR count). The lowest BCUT2D eigenvalue weighted by Gasteiger charge is -2.07. The lowest BCUT2D eigenvalue weighted by atomic mass is 10.0. The van der Waals surface area contributed by atoms with Crippen LogP contribution in [-0.2, 0) is 0 Å². The van der Waals surface area contributed by atoms with Crippen molar-refractivity contribution in [2.24, 2.45) is 0 Å². The van der Waals surface area contributed by atoms with Gasteiger partial charge in [0.15, 0.2) is 0 Å². The van der Waals surface area contributed by atoms with E-state index in [4.69, 9.17) is 11.6 Å². The van der Waals surface area contributed by atoms with Crippen LogP contribution in [0.2, 0.25) is 5.15 Å². The Bertz CT molecular complexity index is 710. The molecule has 0 fully saturated rings. The Labute approximate surface area is 109 Å². The third-order valence-corrected chi connectivity index (χ3v) is 3.02. The first-order valence-corrected chi connectivity index (χ1v) is 5.93. The smallest absolute Gasteiger partial charge is 0.130 e. The SMILES string of the molecule is Fc1ccc2nc(Cl)cc(-c3ccccc3)c2c1. The normalized spacial score (nSPS) is 10.8. The van der Waals surface area contributed by atoms with Crippen LogP contribution in [0, 0.1) is 5.82 Å². The van der Waals surface area contributed by atoms with E-state index < -0.39 is 0 Å². The van der Waals surface area contributed by atoms with Crippen molar-refractivity contribution in [1.82, 2.24) is 4.98 Å². The van der Waals surface area contributed by atoms with Crippen molar-refractivity contribution in [3.05, 3.63) is 65.6 Å². The summed E-state index contributed by atoms with van der Waals surface area (Å²) in [6.07, 6.45) is 0. The summed E-state index contributed by atoms with van der Waals surface area (Å²) in [7, 11) is 0. The summed E-state index contributed by atoms with van der Waals surface area (Å²) in [5, 5.41) is 1.18. The summed E-state index contributed by atoms with van der Waals surface area (Å²) in [6, 6.07) is 16.0. The molecule has 0 aliphatic heterocycles. The van der Waals surface area contributed by atoms with Gasteiger partial charge in [-0.1, -0.05) is 41.9 Å². The number of pyridine rings is 1. The second-order valence-electron chi connectivity index (χ2n) is 4.02. The molecule has 0 N–H and O–H groups in total. The molecule has 0 amide bonds. The van der Waals surface area contributed by atoms with Crippen LogP contribution in [0.1, 0.15) is 0 Å². The van der Waals surface area contributed by atoms with Gasteiger partial charge >= 0.3 is 0 Å². The Morgan fingerprint density at radius 2 is 1.72 bits per heavy atom. The molecule has 88 valence electrons. The molecule has 0 radical (unpaired) electrons. The molecule has 3 aromatic rings. The largest absolute Gasteiger partial charge is 0.236 e. The van der Waals surface area contributed by atoms with E-state index >= 15 is 0 Å². The van der Waals surface area contributed by atoms with Crippen molar-refractivity contribution in [3.63, 3.8) is 0 Å². The number of hydrogen-bond acceptors (Lipinski definition) is 1. The second-order valence-corrected chi connectivity index (χ2v) is 4.41. The molecule has 0 unspecified atom stereocenters. The second kappa shape index (κ2) is 4.39. The van der Waals surface area contributed by atoms with Gasteiger partial charge in [-0.25, -0.2) is 9.37 Å². The lowest BCUT2D eigenvalue weighted by Crippen LogP contribution is -1.87. The molecule has 1 aromatic heterocycles. The summed E-state index contributed by atoms with van der Waals surface area (Å²) < 4.78 is 13.4. The molecule has 3 heteroatoms. The molecule has 2 aromatic carbocycles.